The molecule has 0 radical (unpaired) electrons. The molecule has 1 aromatic heterocycles. The highest BCUT2D eigenvalue weighted by Gasteiger charge is 2.19. The molecule has 0 aliphatic heterocycles. The quantitative estimate of drug-likeness (QED) is 0.629. The molecule has 6 heteroatoms. The summed E-state index contributed by atoms with van der Waals surface area (Å²) in [5.41, 5.74) is 1.03. The van der Waals surface area contributed by atoms with Crippen molar-refractivity contribution in [3.8, 4) is 5.75 Å². The van der Waals surface area contributed by atoms with Crippen LogP contribution >= 0.6 is 0 Å². The van der Waals surface area contributed by atoms with Crippen LogP contribution in [0.1, 0.15) is 0 Å². The van der Waals surface area contributed by atoms with Crippen LogP contribution in [0.4, 0.5) is 0 Å². The zero-order chi connectivity index (χ0) is 10.1. The third-order valence-electron chi connectivity index (χ3n) is 1.83. The maximum absolute atomic E-state index is 8.82. The summed E-state index contributed by atoms with van der Waals surface area (Å²) in [6.07, 6.45) is 0. The molecular formula is C8H8BNO4. The molecule has 2 rings (SSSR count). The van der Waals surface area contributed by atoms with Crippen LogP contribution in [0.25, 0.3) is 11.1 Å². The van der Waals surface area contributed by atoms with E-state index in [9.17, 15) is 0 Å². The number of benzene rings is 1. The Morgan fingerprint density at radius 3 is 2.86 bits per heavy atom. The summed E-state index contributed by atoms with van der Waals surface area (Å²) >= 11 is 0. The fourth-order valence-corrected chi connectivity index (χ4v) is 1.16. The van der Waals surface area contributed by atoms with Crippen molar-refractivity contribution in [3.05, 3.63) is 18.2 Å². The van der Waals surface area contributed by atoms with Gasteiger partial charge in [-0.1, -0.05) is 0 Å². The number of methoxy groups -OCH3 is 1. The number of hydrogen-bond donors (Lipinski definition) is 2. The Balaban J connectivity index is 2.54. The van der Waals surface area contributed by atoms with Gasteiger partial charge in [0.2, 0.25) is 5.79 Å². The van der Waals surface area contributed by atoms with Gasteiger partial charge in [-0.2, -0.15) is 0 Å². The summed E-state index contributed by atoms with van der Waals surface area (Å²) in [4.78, 5) is 3.87. The fraction of sp³-hybridized carbons (Fsp3) is 0.125. The van der Waals surface area contributed by atoms with Crippen molar-refractivity contribution in [3.63, 3.8) is 0 Å². The molecule has 0 unspecified atom stereocenters. The molecule has 0 amide bonds. The van der Waals surface area contributed by atoms with E-state index in [0.717, 1.165) is 0 Å². The van der Waals surface area contributed by atoms with Gasteiger partial charge < -0.3 is 19.2 Å². The molecule has 0 spiro atoms. The van der Waals surface area contributed by atoms with Gasteiger partial charge in [0.25, 0.3) is 0 Å². The molecule has 0 saturated carbocycles. The molecule has 0 saturated heterocycles. The maximum atomic E-state index is 8.82. The molecule has 0 atom stereocenters. The van der Waals surface area contributed by atoms with E-state index in [0.29, 0.717) is 16.8 Å². The van der Waals surface area contributed by atoms with Crippen molar-refractivity contribution in [2.45, 2.75) is 0 Å². The van der Waals surface area contributed by atoms with Crippen molar-refractivity contribution in [2.24, 2.45) is 0 Å². The third-order valence-corrected chi connectivity index (χ3v) is 1.83. The topological polar surface area (TPSA) is 75.7 Å². The molecule has 2 aromatic rings. The van der Waals surface area contributed by atoms with Crippen LogP contribution in [0.3, 0.4) is 0 Å². The normalized spacial score (nSPS) is 10.5. The van der Waals surface area contributed by atoms with Crippen molar-refractivity contribution in [1.29, 1.82) is 0 Å². The number of oxazole rings is 1. The number of ether oxygens (including phenoxy) is 1. The van der Waals surface area contributed by atoms with Crippen LogP contribution in [-0.2, 0) is 0 Å². The minimum Gasteiger partial charge on any atom is -0.497 e. The predicted molar refractivity (Wildman–Crippen MR) is 50.4 cm³/mol. The summed E-state index contributed by atoms with van der Waals surface area (Å²) < 4.78 is 10.1. The molecule has 0 aliphatic carbocycles. The van der Waals surface area contributed by atoms with E-state index in [1.54, 1.807) is 25.3 Å². The molecule has 1 heterocycles. The summed E-state index contributed by atoms with van der Waals surface area (Å²) in [5.74, 6) is 0.515. The molecule has 1 aromatic carbocycles. The second-order valence-corrected chi connectivity index (χ2v) is 2.76. The highest BCUT2D eigenvalue weighted by Crippen LogP contribution is 2.18. The molecule has 72 valence electrons. The second-order valence-electron chi connectivity index (χ2n) is 2.76. The van der Waals surface area contributed by atoms with Gasteiger partial charge in [0.1, 0.15) is 11.3 Å². The number of aromatic nitrogens is 1. The van der Waals surface area contributed by atoms with Crippen LogP contribution in [-0.4, -0.2) is 29.3 Å². The summed E-state index contributed by atoms with van der Waals surface area (Å²) in [6, 6.07) is 5.04. The van der Waals surface area contributed by atoms with Gasteiger partial charge in [0, 0.05) is 6.07 Å². The van der Waals surface area contributed by atoms with E-state index in [1.165, 1.54) is 0 Å². The van der Waals surface area contributed by atoms with Crippen LogP contribution in [0, 0.1) is 0 Å². The van der Waals surface area contributed by atoms with E-state index >= 15 is 0 Å². The van der Waals surface area contributed by atoms with E-state index in [-0.39, 0.29) is 5.79 Å². The Hall–Kier alpha value is -1.53. The van der Waals surface area contributed by atoms with Crippen LogP contribution in [0.5, 0.6) is 5.75 Å². The van der Waals surface area contributed by atoms with Crippen LogP contribution < -0.4 is 10.5 Å². The van der Waals surface area contributed by atoms with Crippen molar-refractivity contribution in [1.82, 2.24) is 4.98 Å². The maximum Gasteiger partial charge on any atom is 0.548 e. The lowest BCUT2D eigenvalue weighted by molar-refractivity contribution is 0.408. The van der Waals surface area contributed by atoms with Gasteiger partial charge in [0.15, 0.2) is 5.58 Å². The first kappa shape index (κ1) is 9.05. The number of rotatable bonds is 2. The first-order chi connectivity index (χ1) is 6.70. The fourth-order valence-electron chi connectivity index (χ4n) is 1.16. The number of fused-ring (bicyclic) bond motifs is 1. The Morgan fingerprint density at radius 2 is 2.21 bits per heavy atom. The Bertz CT molecular complexity index is 454. The van der Waals surface area contributed by atoms with Gasteiger partial charge in [-0.25, -0.2) is 4.98 Å². The molecule has 2 N–H and O–H groups in total. The second kappa shape index (κ2) is 3.32. The third kappa shape index (κ3) is 1.45. The molecule has 0 bridgehead atoms. The molecule has 0 fully saturated rings. The molecule has 5 nitrogen and oxygen atoms in total. The van der Waals surface area contributed by atoms with Crippen molar-refractivity contribution in [2.75, 3.05) is 7.11 Å². The lowest BCUT2D eigenvalue weighted by Crippen LogP contribution is -2.30. The lowest BCUT2D eigenvalue weighted by atomic mass is 9.93. The summed E-state index contributed by atoms with van der Waals surface area (Å²) in [5, 5.41) is 17.6. The van der Waals surface area contributed by atoms with Crippen LogP contribution in [0.2, 0.25) is 0 Å². The van der Waals surface area contributed by atoms with E-state index in [2.05, 4.69) is 4.98 Å². The average Bonchev–Trinajstić information content (AvgIpc) is 2.59. The first-order valence-electron chi connectivity index (χ1n) is 4.01. The van der Waals surface area contributed by atoms with Crippen molar-refractivity contribution >= 4 is 24.0 Å². The highest BCUT2D eigenvalue weighted by molar-refractivity contribution is 6.56. The molecule has 14 heavy (non-hydrogen) atoms. The van der Waals surface area contributed by atoms with Gasteiger partial charge in [0.05, 0.1) is 7.11 Å². The monoisotopic (exact) mass is 193 g/mol. The van der Waals surface area contributed by atoms with E-state index < -0.39 is 7.12 Å². The Morgan fingerprint density at radius 1 is 1.43 bits per heavy atom. The molecular weight excluding hydrogens is 185 g/mol. The summed E-state index contributed by atoms with van der Waals surface area (Å²) in [6.45, 7) is 0. The van der Waals surface area contributed by atoms with Gasteiger partial charge in [-0.15, -0.1) is 0 Å². The first-order valence-corrected chi connectivity index (χ1v) is 4.01. The lowest BCUT2D eigenvalue weighted by Gasteiger charge is -1.95. The average molecular weight is 193 g/mol. The summed E-state index contributed by atoms with van der Waals surface area (Å²) in [7, 11) is -0.146. The zero-order valence-electron chi connectivity index (χ0n) is 7.47. The minimum atomic E-state index is -1.69. The highest BCUT2D eigenvalue weighted by atomic mass is 16.5. The standard InChI is InChI=1S/C8H8BNO4/c1-13-5-2-3-6-7(4-5)14-8(10-6)9(11)12/h2-4,11-12H,1H3. The SMILES string of the molecule is COc1ccc2nc(B(O)O)oc2c1. The van der Waals surface area contributed by atoms with E-state index in [1.807, 2.05) is 0 Å². The predicted octanol–water partition coefficient (Wildman–Crippen LogP) is -0.484. The van der Waals surface area contributed by atoms with Gasteiger partial charge in [-0.05, 0) is 12.1 Å². The van der Waals surface area contributed by atoms with Crippen LogP contribution in [0.15, 0.2) is 22.6 Å². The zero-order valence-corrected chi connectivity index (χ0v) is 7.47. The Kier molecular flexibility index (Phi) is 2.15. The number of nitrogens with zero attached hydrogens (tertiary/aromatic N) is 1. The van der Waals surface area contributed by atoms with E-state index in [4.69, 9.17) is 19.2 Å². The minimum absolute atomic E-state index is 0.117. The van der Waals surface area contributed by atoms with Crippen molar-refractivity contribution < 1.29 is 19.2 Å². The smallest absolute Gasteiger partial charge is 0.497 e. The van der Waals surface area contributed by atoms with Gasteiger partial charge in [-0.3, -0.25) is 0 Å². The largest absolute Gasteiger partial charge is 0.548 e. The Labute approximate surface area is 80.1 Å². The molecule has 0 aliphatic rings. The number of hydrogen-bond acceptors (Lipinski definition) is 5. The van der Waals surface area contributed by atoms with Gasteiger partial charge >= 0.3 is 7.12 Å².